The molecule has 18 heteroatoms. The molecule has 3 saturated heterocycles. The van der Waals surface area contributed by atoms with Crippen molar-refractivity contribution in [3.63, 3.8) is 0 Å². The summed E-state index contributed by atoms with van der Waals surface area (Å²) >= 11 is 0. The minimum Gasteiger partial charge on any atom is -0.459 e. The minimum absolute atomic E-state index is 0.0932. The van der Waals surface area contributed by atoms with Crippen LogP contribution in [0.25, 0.3) is 5.69 Å². The summed E-state index contributed by atoms with van der Waals surface area (Å²) in [5.74, 6) is -2.15. The maximum absolute atomic E-state index is 14.6. The lowest BCUT2D eigenvalue weighted by molar-refractivity contribution is -0.275. The molecule has 4 aliphatic rings. The Bertz CT molecular complexity index is 2290. The number of esters is 1. The van der Waals surface area contributed by atoms with Gasteiger partial charge >= 0.3 is 5.97 Å². The Hall–Kier alpha value is -3.43. The number of rotatable bonds is 16. The second kappa shape index (κ2) is 26.4. The molecule has 4 fully saturated rings. The number of hydrogen-bond acceptors (Lipinski definition) is 16. The Kier molecular flexibility index (Phi) is 21.0. The molecule has 1 saturated carbocycles. The van der Waals surface area contributed by atoms with Crippen molar-refractivity contribution in [3.8, 4) is 5.69 Å². The lowest BCUT2D eigenvalue weighted by atomic mass is 9.68. The molecule has 3 aliphatic heterocycles. The number of hydrogen-bond donors (Lipinski definition) is 4. The normalized spacial score (nSPS) is 37.8. The van der Waals surface area contributed by atoms with Crippen LogP contribution in [0.5, 0.6) is 0 Å². The fourth-order valence-corrected chi connectivity index (χ4v) is 13.6. The molecule has 2 aromatic heterocycles. The van der Waals surface area contributed by atoms with E-state index >= 15 is 0 Å². The first-order valence-electron chi connectivity index (χ1n) is 29.3. The molecule has 1 unspecified atom stereocenters. The van der Waals surface area contributed by atoms with E-state index in [1.165, 1.54) is 44.6 Å². The van der Waals surface area contributed by atoms with Gasteiger partial charge < -0.3 is 53.9 Å². The van der Waals surface area contributed by atoms with Gasteiger partial charge in [0.15, 0.2) is 6.29 Å². The summed E-state index contributed by atoms with van der Waals surface area (Å²) in [5.41, 5.74) is 0.162. The molecule has 1 aromatic carbocycles. The van der Waals surface area contributed by atoms with E-state index in [2.05, 4.69) is 83.1 Å². The van der Waals surface area contributed by atoms with E-state index in [0.717, 1.165) is 62.3 Å². The van der Waals surface area contributed by atoms with Gasteiger partial charge in [0.2, 0.25) is 0 Å². The summed E-state index contributed by atoms with van der Waals surface area (Å²) < 4.78 is 36.5. The summed E-state index contributed by atoms with van der Waals surface area (Å²) in [6.45, 7) is 20.6. The molecule has 434 valence electrons. The number of unbranched alkanes of at least 4 members (excludes halogenated alkanes) is 1. The van der Waals surface area contributed by atoms with Crippen LogP contribution in [0, 0.1) is 23.7 Å². The van der Waals surface area contributed by atoms with E-state index in [1.807, 2.05) is 49.0 Å². The van der Waals surface area contributed by atoms with Gasteiger partial charge in [0.25, 0.3) is 0 Å². The molecule has 0 spiro atoms. The van der Waals surface area contributed by atoms with Gasteiger partial charge in [-0.15, -0.1) is 10.2 Å². The molecule has 0 amide bonds. The van der Waals surface area contributed by atoms with Crippen molar-refractivity contribution in [1.82, 2.24) is 39.8 Å². The lowest BCUT2D eigenvalue weighted by Crippen LogP contribution is -2.61. The maximum Gasteiger partial charge on any atom is 0.309 e. The van der Waals surface area contributed by atoms with Crippen LogP contribution in [0.4, 0.5) is 0 Å². The first kappa shape index (κ1) is 61.2. The zero-order valence-electron chi connectivity index (χ0n) is 49.0. The average Bonchev–Trinajstić information content (AvgIpc) is 4.10. The zero-order chi connectivity index (χ0) is 56.0. The molecule has 1 aliphatic carbocycles. The van der Waals surface area contributed by atoms with Crippen molar-refractivity contribution in [2.24, 2.45) is 23.7 Å². The molecule has 77 heavy (non-hydrogen) atoms. The highest BCUT2D eigenvalue weighted by molar-refractivity contribution is 5.73. The molecular formula is C59H98N8O10. The van der Waals surface area contributed by atoms with Gasteiger partial charge in [-0.05, 0) is 137 Å². The van der Waals surface area contributed by atoms with Gasteiger partial charge in [0.1, 0.15) is 23.9 Å². The fourth-order valence-electron chi connectivity index (χ4n) is 13.6. The van der Waals surface area contributed by atoms with Crippen molar-refractivity contribution in [2.75, 3.05) is 34.3 Å². The van der Waals surface area contributed by atoms with Gasteiger partial charge in [-0.2, -0.15) is 0 Å². The van der Waals surface area contributed by atoms with Gasteiger partial charge in [0, 0.05) is 76.1 Å². The molecule has 17 atom stereocenters. The Morgan fingerprint density at radius 3 is 2.27 bits per heavy atom. The minimum atomic E-state index is -1.78. The predicted molar refractivity (Wildman–Crippen MR) is 294 cm³/mol. The first-order chi connectivity index (χ1) is 36.4. The smallest absolute Gasteiger partial charge is 0.309 e. The monoisotopic (exact) mass is 1080 g/mol. The van der Waals surface area contributed by atoms with E-state index < -0.39 is 89.5 Å². The van der Waals surface area contributed by atoms with Crippen LogP contribution >= 0.6 is 0 Å². The third-order valence-corrected chi connectivity index (χ3v) is 18.5. The van der Waals surface area contributed by atoms with Gasteiger partial charge in [-0.3, -0.25) is 9.48 Å². The summed E-state index contributed by atoms with van der Waals surface area (Å²) in [4.78, 5) is 19.0. The first-order valence-corrected chi connectivity index (χ1v) is 29.3. The molecule has 4 N–H and O–H groups in total. The van der Waals surface area contributed by atoms with E-state index in [9.17, 15) is 25.2 Å². The fraction of sp³-hybridized carbons (Fsp3) is 0.814. The Morgan fingerprint density at radius 1 is 0.870 bits per heavy atom. The number of likely N-dealkylation sites (N-methyl/N-ethyl adjacent to an activating group) is 2. The van der Waals surface area contributed by atoms with Crippen molar-refractivity contribution >= 4 is 5.97 Å². The van der Waals surface area contributed by atoms with Crippen molar-refractivity contribution in [1.29, 1.82) is 0 Å². The number of aryl methyl sites for hydroxylation is 2. The van der Waals surface area contributed by atoms with E-state index in [0.29, 0.717) is 25.3 Å². The van der Waals surface area contributed by atoms with Crippen LogP contribution in [0.3, 0.4) is 0 Å². The highest BCUT2D eigenvalue weighted by Crippen LogP contribution is 2.45. The number of nitrogens with zero attached hydrogens (tertiary/aromatic N) is 8. The highest BCUT2D eigenvalue weighted by atomic mass is 16.7. The van der Waals surface area contributed by atoms with Crippen molar-refractivity contribution in [2.45, 2.75) is 249 Å². The summed E-state index contributed by atoms with van der Waals surface area (Å²) in [6, 6.07) is 8.25. The molecule has 3 aromatic rings. The number of aliphatic hydroxyl groups is 4. The lowest BCUT2D eigenvalue weighted by Gasteiger charge is -2.51. The SMILES string of the molecule is CC[C@H]1OC(=O)[C@H](C)[C@@H](C2C[C@@](C)(OC)[C@@H](O)[C@H](C)O2)[C@H](C)[C@@H](O[C@H]2C[C@@H](N(C)CCc3cn(CCCCc4ccc(-n5cc(C6CCCCC6)nn5)cc4)nn3)C[C@@H](C)O2)[C@](C)(O)C[C@@H](C)CN(C)[C@H](C)[C@@H](O)[C@]1(C)O. The van der Waals surface area contributed by atoms with Gasteiger partial charge in [0.05, 0.1) is 64.8 Å². The van der Waals surface area contributed by atoms with E-state index in [-0.39, 0.29) is 30.9 Å². The standard InChI is InChI=1S/C59H98N8O10/c1-14-50-59(10,72)53(68)41(6)65(12)34-37(2)32-57(8,71)55(39(4)52(40(5)56(70)76-50)49-33-58(9,73-13)54(69)42(7)75-49)77-51-31-47(30-38(3)74-51)64(11)29-27-45-35-66(62-60-45)28-19-18-20-43-23-25-46(26-24-43)67-36-48(61-63-67)44-21-16-15-17-22-44/h23-26,35-42,44,47,49-55,68-69,71-72H,14-22,27-34H2,1-13H3/t37-,38-,39+,40-,41-,42+,47+,49?,50-,51+,52+,53-,54+,55-,57-,58-,59-/m1/s1. The second-order valence-corrected chi connectivity index (χ2v) is 24.9. The number of carbonyl (C=O) groups is 1. The van der Waals surface area contributed by atoms with Gasteiger partial charge in [-0.1, -0.05) is 69.5 Å². The average molecular weight is 1080 g/mol. The number of ether oxygens (including phenoxy) is 5. The van der Waals surface area contributed by atoms with Crippen LogP contribution in [-0.4, -0.2) is 178 Å². The third-order valence-electron chi connectivity index (χ3n) is 18.5. The van der Waals surface area contributed by atoms with Crippen molar-refractivity contribution in [3.05, 3.63) is 53.6 Å². The summed E-state index contributed by atoms with van der Waals surface area (Å²) in [6.07, 6.45) is 10.2. The quantitative estimate of drug-likeness (QED) is 0.0836. The number of carbonyl (C=O) groups excluding carboxylic acids is 1. The second-order valence-electron chi connectivity index (χ2n) is 24.9. The van der Waals surface area contributed by atoms with Crippen LogP contribution in [0.1, 0.15) is 169 Å². The predicted octanol–water partition coefficient (Wildman–Crippen LogP) is 7.06. The Labute approximate surface area is 459 Å². The van der Waals surface area contributed by atoms with Crippen LogP contribution < -0.4 is 0 Å². The maximum atomic E-state index is 14.6. The zero-order valence-corrected chi connectivity index (χ0v) is 49.0. The molecule has 18 nitrogen and oxygen atoms in total. The topological polar surface area (TPSA) is 212 Å². The van der Waals surface area contributed by atoms with Crippen LogP contribution in [0.15, 0.2) is 36.7 Å². The number of aliphatic hydroxyl groups excluding tert-OH is 2. The molecule has 0 radical (unpaired) electrons. The Morgan fingerprint density at radius 2 is 1.58 bits per heavy atom. The molecule has 7 rings (SSSR count). The number of methoxy groups -OCH3 is 1. The third kappa shape index (κ3) is 14.9. The van der Waals surface area contributed by atoms with Crippen LogP contribution in [-0.2, 0) is 47.9 Å². The van der Waals surface area contributed by atoms with Gasteiger partial charge in [-0.25, -0.2) is 4.68 Å². The van der Waals surface area contributed by atoms with Crippen molar-refractivity contribution < 1.29 is 48.9 Å². The molecule has 0 bridgehead atoms. The highest BCUT2D eigenvalue weighted by Gasteiger charge is 2.54. The summed E-state index contributed by atoms with van der Waals surface area (Å²) in [7, 11) is 5.59. The molecular weight excluding hydrogens is 981 g/mol. The van der Waals surface area contributed by atoms with E-state index in [1.54, 1.807) is 27.9 Å². The summed E-state index contributed by atoms with van der Waals surface area (Å²) in [5, 5.41) is 65.9. The van der Waals surface area contributed by atoms with Crippen LogP contribution in [0.2, 0.25) is 0 Å². The number of aromatic nitrogens is 6. The molecule has 5 heterocycles. The number of benzene rings is 1. The van der Waals surface area contributed by atoms with E-state index in [4.69, 9.17) is 23.7 Å². The Balaban J connectivity index is 1.01. The largest absolute Gasteiger partial charge is 0.459 e. The number of cyclic esters (lactones) is 1.